The first kappa shape index (κ1) is 36.4. The molecule has 3 atom stereocenters. The molecule has 0 unspecified atom stereocenters. The van der Waals surface area contributed by atoms with Gasteiger partial charge in [0.1, 0.15) is 35.8 Å². The maximum absolute atomic E-state index is 13.8. The number of methoxy groups -OCH3 is 2. The van der Waals surface area contributed by atoms with Gasteiger partial charge in [0.2, 0.25) is 0 Å². The van der Waals surface area contributed by atoms with Crippen molar-refractivity contribution in [3.63, 3.8) is 0 Å². The number of hydrogen-bond acceptors (Lipinski definition) is 10. The molecule has 12 heteroatoms. The Bertz CT molecular complexity index is 2290. The topological polar surface area (TPSA) is 130 Å². The molecule has 12 nitrogen and oxygen atoms in total. The molecule has 282 valence electrons. The first-order chi connectivity index (χ1) is 27.5. The molecule has 1 saturated heterocycles. The normalized spacial score (nSPS) is 16.7. The van der Waals surface area contributed by atoms with Crippen LogP contribution in [0.15, 0.2) is 152 Å². The molecule has 8 rings (SSSR count). The van der Waals surface area contributed by atoms with E-state index in [2.05, 4.69) is 15.0 Å². The Morgan fingerprint density at radius 3 is 1.84 bits per heavy atom. The van der Waals surface area contributed by atoms with E-state index in [9.17, 15) is 9.90 Å². The second kappa shape index (κ2) is 16.0. The largest absolute Gasteiger partial charge is 0.497 e. The highest BCUT2D eigenvalue weighted by Gasteiger charge is 2.42. The zero-order chi connectivity index (χ0) is 38.5. The van der Waals surface area contributed by atoms with Crippen molar-refractivity contribution in [2.24, 2.45) is 0 Å². The number of aliphatic hydroxyl groups is 1. The van der Waals surface area contributed by atoms with Crippen LogP contribution in [0.5, 0.6) is 17.4 Å². The number of aliphatic hydroxyl groups excluding tert-OH is 1. The van der Waals surface area contributed by atoms with Gasteiger partial charge in [-0.05, 0) is 65.2 Å². The lowest BCUT2D eigenvalue weighted by Crippen LogP contribution is -2.38. The minimum absolute atomic E-state index is 0.0133. The van der Waals surface area contributed by atoms with Crippen molar-refractivity contribution in [1.29, 1.82) is 0 Å². The zero-order valence-corrected chi connectivity index (χ0v) is 30.7. The van der Waals surface area contributed by atoms with E-state index in [0.29, 0.717) is 28.5 Å². The highest BCUT2D eigenvalue weighted by Crippen LogP contribution is 2.43. The molecule has 1 fully saturated rings. The Kier molecular flexibility index (Phi) is 10.4. The molecule has 0 bridgehead atoms. The van der Waals surface area contributed by atoms with Crippen LogP contribution in [0.3, 0.4) is 0 Å². The van der Waals surface area contributed by atoms with Crippen LogP contribution in [0.2, 0.25) is 0 Å². The predicted octanol–water partition coefficient (Wildman–Crippen LogP) is 7.84. The second-order valence-electron chi connectivity index (χ2n) is 13.1. The number of anilines is 2. The van der Waals surface area contributed by atoms with Crippen LogP contribution in [0, 0.1) is 0 Å². The van der Waals surface area contributed by atoms with E-state index in [1.807, 2.05) is 140 Å². The van der Waals surface area contributed by atoms with Crippen LogP contribution in [0.4, 0.5) is 16.2 Å². The number of para-hydroxylation sites is 2. The molecule has 1 amide bonds. The number of fused-ring (bicyclic) bond motifs is 1. The van der Waals surface area contributed by atoms with Crippen molar-refractivity contribution in [1.82, 2.24) is 19.5 Å². The molecule has 0 radical (unpaired) electrons. The first-order valence-electron chi connectivity index (χ1n) is 18.1. The minimum Gasteiger partial charge on any atom is -0.497 e. The monoisotopic (exact) mass is 749 g/mol. The third-order valence-electron chi connectivity index (χ3n) is 9.87. The lowest BCUT2D eigenvalue weighted by molar-refractivity contribution is -0.0931. The summed E-state index contributed by atoms with van der Waals surface area (Å²) in [5, 5.41) is 11.4. The fraction of sp³-hybridized carbons (Fsp3) is 0.182. The summed E-state index contributed by atoms with van der Waals surface area (Å²) < 4.78 is 32.1. The van der Waals surface area contributed by atoms with Crippen molar-refractivity contribution in [3.05, 3.63) is 169 Å². The second-order valence-corrected chi connectivity index (χ2v) is 13.1. The van der Waals surface area contributed by atoms with Crippen LogP contribution < -0.4 is 19.1 Å². The number of aromatic nitrogens is 4. The van der Waals surface area contributed by atoms with Gasteiger partial charge in [0, 0.05) is 6.42 Å². The van der Waals surface area contributed by atoms with E-state index in [-0.39, 0.29) is 24.4 Å². The maximum Gasteiger partial charge on any atom is 0.425 e. The third kappa shape index (κ3) is 7.04. The molecule has 0 saturated carbocycles. The lowest BCUT2D eigenvalue weighted by Gasteiger charge is -2.37. The molecule has 3 heterocycles. The highest BCUT2D eigenvalue weighted by molar-refractivity contribution is 5.97. The fourth-order valence-electron chi connectivity index (χ4n) is 7.08. The molecule has 5 aromatic carbocycles. The number of carbonyl (C=O) groups is 1. The van der Waals surface area contributed by atoms with Gasteiger partial charge in [-0.15, -0.1) is 0 Å². The van der Waals surface area contributed by atoms with E-state index in [4.69, 9.17) is 23.7 Å². The number of ether oxygens (including phenoxy) is 5. The number of benzene rings is 5. The minimum atomic E-state index is -1.10. The summed E-state index contributed by atoms with van der Waals surface area (Å²) in [6.07, 6.45) is 0.160. The average molecular weight is 750 g/mol. The average Bonchev–Trinajstić information content (AvgIpc) is 3.86. The zero-order valence-electron chi connectivity index (χ0n) is 30.7. The van der Waals surface area contributed by atoms with Gasteiger partial charge in [-0.3, -0.25) is 4.57 Å². The van der Waals surface area contributed by atoms with E-state index >= 15 is 0 Å². The van der Waals surface area contributed by atoms with Gasteiger partial charge in [-0.25, -0.2) is 19.7 Å². The Labute approximate surface area is 323 Å². The summed E-state index contributed by atoms with van der Waals surface area (Å²) in [7, 11) is 3.26. The molecule has 2 aromatic heterocycles. The Morgan fingerprint density at radius 1 is 0.750 bits per heavy atom. The number of hydrogen-bond donors (Lipinski definition) is 1. The van der Waals surface area contributed by atoms with Gasteiger partial charge in [0.15, 0.2) is 11.2 Å². The van der Waals surface area contributed by atoms with Crippen LogP contribution in [-0.4, -0.2) is 63.8 Å². The molecule has 1 N–H and O–H groups in total. The maximum atomic E-state index is 13.8. The summed E-state index contributed by atoms with van der Waals surface area (Å²) in [6.45, 7) is 0.0316. The van der Waals surface area contributed by atoms with Crippen molar-refractivity contribution in [2.45, 2.75) is 30.5 Å². The Morgan fingerprint density at radius 2 is 1.29 bits per heavy atom. The molecule has 0 aliphatic carbocycles. The molecule has 0 spiro atoms. The number of carbonyl (C=O) groups excluding carboxylic acids is 1. The Hall–Kier alpha value is -6.60. The summed E-state index contributed by atoms with van der Waals surface area (Å²) in [4.78, 5) is 28.5. The van der Waals surface area contributed by atoms with Crippen molar-refractivity contribution in [2.75, 3.05) is 25.7 Å². The smallest absolute Gasteiger partial charge is 0.425 e. The standard InChI is InChI=1S/C44H39N5O7/c1-52-35-22-18-31(19-23-35)44(30-12-6-3-7-13-30,32-20-24-36(53-2)25-21-32)54-27-38-37(50)26-39(55-38)48-29-47-40-41(48)45-28-46-42(40)56-43(51)49(33-14-8-4-9-15-33)34-16-10-5-11-17-34/h3-25,28-29,37-39,50H,26-27H2,1-2H3/t37-,38-,39-/m1/s1. The van der Waals surface area contributed by atoms with E-state index in [1.54, 1.807) is 25.1 Å². The van der Waals surface area contributed by atoms with Crippen LogP contribution in [0.25, 0.3) is 11.2 Å². The predicted molar refractivity (Wildman–Crippen MR) is 209 cm³/mol. The summed E-state index contributed by atoms with van der Waals surface area (Å²) >= 11 is 0. The summed E-state index contributed by atoms with van der Waals surface area (Å²) in [5.41, 5.74) is 3.39. The van der Waals surface area contributed by atoms with Gasteiger partial charge in [-0.1, -0.05) is 91.0 Å². The fourth-order valence-corrected chi connectivity index (χ4v) is 7.08. The van der Waals surface area contributed by atoms with Gasteiger partial charge in [-0.2, -0.15) is 4.98 Å². The van der Waals surface area contributed by atoms with Crippen LogP contribution in [-0.2, 0) is 15.1 Å². The SMILES string of the molecule is COc1ccc(C(OC[C@H]2O[C@@H](n3cnc4c(OC(=O)N(c5ccccc5)c5ccccc5)ncnc43)C[C@H]2O)(c2ccccc2)c2ccc(OC)cc2)cc1. The van der Waals surface area contributed by atoms with Gasteiger partial charge < -0.3 is 28.8 Å². The van der Waals surface area contributed by atoms with Crippen LogP contribution in [0.1, 0.15) is 29.3 Å². The van der Waals surface area contributed by atoms with Crippen LogP contribution >= 0.6 is 0 Å². The third-order valence-corrected chi connectivity index (χ3v) is 9.87. The molecule has 7 aromatic rings. The van der Waals surface area contributed by atoms with Crippen molar-refractivity contribution < 1.29 is 33.6 Å². The molecular formula is C44H39N5O7. The molecular weight excluding hydrogens is 711 g/mol. The number of imidazole rings is 1. The number of rotatable bonds is 12. The summed E-state index contributed by atoms with van der Waals surface area (Å²) in [5.74, 6) is 1.41. The van der Waals surface area contributed by atoms with Crippen molar-refractivity contribution in [3.8, 4) is 17.4 Å². The van der Waals surface area contributed by atoms with E-state index in [1.165, 1.54) is 11.2 Å². The van der Waals surface area contributed by atoms with E-state index in [0.717, 1.165) is 16.7 Å². The number of nitrogens with zero attached hydrogens (tertiary/aromatic N) is 5. The quantitative estimate of drug-likeness (QED) is 0.123. The van der Waals surface area contributed by atoms with E-state index < -0.39 is 30.1 Å². The molecule has 1 aliphatic rings. The van der Waals surface area contributed by atoms with Crippen molar-refractivity contribution >= 4 is 28.6 Å². The highest BCUT2D eigenvalue weighted by atomic mass is 16.6. The molecule has 1 aliphatic heterocycles. The number of amides is 1. The molecule has 56 heavy (non-hydrogen) atoms. The lowest BCUT2D eigenvalue weighted by atomic mass is 9.80. The van der Waals surface area contributed by atoms with Gasteiger partial charge in [0.05, 0.1) is 44.6 Å². The summed E-state index contributed by atoms with van der Waals surface area (Å²) in [6, 6.07) is 43.8. The van der Waals surface area contributed by atoms with Gasteiger partial charge >= 0.3 is 6.09 Å². The Balaban J connectivity index is 1.07. The first-order valence-corrected chi connectivity index (χ1v) is 18.1. The van der Waals surface area contributed by atoms with Gasteiger partial charge in [0.25, 0.3) is 5.88 Å².